The Morgan fingerprint density at radius 2 is 0.853 bits per heavy atom. The quantitative estimate of drug-likeness (QED) is 0.305. The molecule has 5 heteroatoms. The molecular formula is C29H29N3O2. The van der Waals surface area contributed by atoms with Crippen LogP contribution in [0.25, 0.3) is 0 Å². The molecule has 4 aromatic rings. The first-order valence-corrected chi connectivity index (χ1v) is 10.9. The largest absolute Gasteiger partial charge is 0.344 e. The summed E-state index contributed by atoms with van der Waals surface area (Å²) in [7, 11) is 0. The molecule has 0 bridgehead atoms. The lowest BCUT2D eigenvalue weighted by Gasteiger charge is -2.26. The van der Waals surface area contributed by atoms with Gasteiger partial charge in [0.25, 0.3) is 11.8 Å². The van der Waals surface area contributed by atoms with Crippen LogP contribution in [0, 0.1) is 0 Å². The number of carbonyl (C=O) groups excluding carboxylic acids is 2. The van der Waals surface area contributed by atoms with E-state index in [4.69, 9.17) is 0 Å². The van der Waals surface area contributed by atoms with Gasteiger partial charge in [0, 0.05) is 27.9 Å². The highest BCUT2D eigenvalue weighted by molar-refractivity contribution is 6.04. The number of amides is 2. The van der Waals surface area contributed by atoms with Crippen LogP contribution in [-0.4, -0.2) is 11.8 Å². The summed E-state index contributed by atoms with van der Waals surface area (Å²) < 4.78 is 0. The van der Waals surface area contributed by atoms with Crippen LogP contribution in [0.15, 0.2) is 109 Å². The molecule has 0 saturated carbocycles. The Kier molecular flexibility index (Phi) is 7.61. The van der Waals surface area contributed by atoms with Crippen LogP contribution in [0.1, 0.15) is 45.7 Å². The minimum absolute atomic E-state index is 0. The maximum atomic E-state index is 12.5. The maximum absolute atomic E-state index is 12.5. The lowest BCUT2D eigenvalue weighted by atomic mass is 9.77. The minimum atomic E-state index is -0.289. The number of hydrogen-bond acceptors (Lipinski definition) is 3. The average Bonchev–Trinajstić information content (AvgIpc) is 2.85. The molecule has 0 aliphatic heterocycles. The summed E-state index contributed by atoms with van der Waals surface area (Å²) in [6, 6.07) is 34.1. The molecule has 5 N–H and O–H groups in total. The molecule has 0 heterocycles. The smallest absolute Gasteiger partial charge is 0.255 e. The molecule has 0 fully saturated rings. The van der Waals surface area contributed by atoms with E-state index in [1.807, 2.05) is 109 Å². The van der Waals surface area contributed by atoms with Gasteiger partial charge in [-0.2, -0.15) is 0 Å². The van der Waals surface area contributed by atoms with E-state index in [-0.39, 0.29) is 23.4 Å². The zero-order valence-corrected chi connectivity index (χ0v) is 19.4. The number of para-hydroxylation sites is 2. The van der Waals surface area contributed by atoms with Crippen LogP contribution in [0.3, 0.4) is 0 Å². The molecular weight excluding hydrogens is 422 g/mol. The molecule has 0 spiro atoms. The Balaban J connectivity index is 0.00000324. The van der Waals surface area contributed by atoms with Crippen molar-refractivity contribution in [1.29, 1.82) is 0 Å². The maximum Gasteiger partial charge on any atom is 0.255 e. The first kappa shape index (κ1) is 24.4. The van der Waals surface area contributed by atoms with Gasteiger partial charge in [-0.3, -0.25) is 9.59 Å². The van der Waals surface area contributed by atoms with Crippen LogP contribution >= 0.6 is 0 Å². The van der Waals surface area contributed by atoms with Crippen LogP contribution in [0.4, 0.5) is 11.4 Å². The van der Waals surface area contributed by atoms with Crippen molar-refractivity contribution in [2.24, 2.45) is 0 Å². The summed E-state index contributed by atoms with van der Waals surface area (Å²) in [4.78, 5) is 25.1. The van der Waals surface area contributed by atoms with Crippen molar-refractivity contribution in [2.45, 2.75) is 19.3 Å². The van der Waals surface area contributed by atoms with Crippen molar-refractivity contribution >= 4 is 23.2 Å². The van der Waals surface area contributed by atoms with E-state index in [0.717, 1.165) is 22.5 Å². The van der Waals surface area contributed by atoms with Gasteiger partial charge in [0.15, 0.2) is 0 Å². The first-order chi connectivity index (χ1) is 15.9. The van der Waals surface area contributed by atoms with E-state index < -0.39 is 0 Å². The molecule has 0 saturated heterocycles. The summed E-state index contributed by atoms with van der Waals surface area (Å²) in [5.41, 5.74) is 4.62. The normalized spacial score (nSPS) is 10.6. The zero-order chi connectivity index (χ0) is 23.3. The van der Waals surface area contributed by atoms with Crippen molar-refractivity contribution < 1.29 is 9.59 Å². The molecule has 2 amide bonds. The van der Waals surface area contributed by atoms with Gasteiger partial charge >= 0.3 is 0 Å². The predicted molar refractivity (Wildman–Crippen MR) is 139 cm³/mol. The number of rotatable bonds is 6. The van der Waals surface area contributed by atoms with Crippen molar-refractivity contribution in [2.75, 3.05) is 10.6 Å². The molecule has 0 unspecified atom stereocenters. The molecule has 4 rings (SSSR count). The Bertz CT molecular complexity index is 1140. The summed E-state index contributed by atoms with van der Waals surface area (Å²) in [6.07, 6.45) is 0. The molecule has 0 atom stereocenters. The number of carbonyl (C=O) groups is 2. The minimum Gasteiger partial charge on any atom is -0.344 e. The zero-order valence-electron chi connectivity index (χ0n) is 19.4. The molecule has 0 aliphatic rings. The molecule has 0 aromatic heterocycles. The van der Waals surface area contributed by atoms with Crippen LogP contribution in [0.2, 0.25) is 0 Å². The Morgan fingerprint density at radius 1 is 0.529 bits per heavy atom. The standard InChI is InChI=1S/C29H26N2O2.H3N/c1-29(2,23-17-13-21(14-18-23)27(32)30-25-9-5-3-6-10-25)24-19-15-22(16-20-24)28(33)31-26-11-7-4-8-12-26;/h3-20H,1-2H3,(H,30,32)(H,31,33);1H3. The summed E-state index contributed by atoms with van der Waals surface area (Å²) in [5.74, 6) is -0.279. The Hall–Kier alpha value is -4.22. The van der Waals surface area contributed by atoms with Gasteiger partial charge < -0.3 is 16.8 Å². The molecule has 0 aliphatic carbocycles. The fraction of sp³-hybridized carbons (Fsp3) is 0.103. The third kappa shape index (κ3) is 5.57. The molecule has 172 valence electrons. The second-order valence-corrected chi connectivity index (χ2v) is 8.42. The third-order valence-corrected chi connectivity index (χ3v) is 5.80. The first-order valence-electron chi connectivity index (χ1n) is 10.9. The predicted octanol–water partition coefficient (Wildman–Crippen LogP) is 6.68. The van der Waals surface area contributed by atoms with Gasteiger partial charge in [0.05, 0.1) is 0 Å². The molecule has 4 aromatic carbocycles. The fourth-order valence-corrected chi connectivity index (χ4v) is 3.69. The average molecular weight is 452 g/mol. The van der Waals surface area contributed by atoms with Gasteiger partial charge in [-0.05, 0) is 59.7 Å². The molecule has 0 radical (unpaired) electrons. The monoisotopic (exact) mass is 451 g/mol. The molecule has 34 heavy (non-hydrogen) atoms. The van der Waals surface area contributed by atoms with Crippen LogP contribution < -0.4 is 16.8 Å². The number of benzene rings is 4. The van der Waals surface area contributed by atoms with Gasteiger partial charge in [-0.25, -0.2) is 0 Å². The van der Waals surface area contributed by atoms with E-state index in [2.05, 4.69) is 24.5 Å². The Labute approximate surface area is 200 Å². The van der Waals surface area contributed by atoms with Crippen LogP contribution in [0.5, 0.6) is 0 Å². The summed E-state index contributed by atoms with van der Waals surface area (Å²) >= 11 is 0. The van der Waals surface area contributed by atoms with E-state index in [1.54, 1.807) is 0 Å². The second-order valence-electron chi connectivity index (χ2n) is 8.42. The molecule has 5 nitrogen and oxygen atoms in total. The fourth-order valence-electron chi connectivity index (χ4n) is 3.69. The summed E-state index contributed by atoms with van der Waals surface area (Å²) in [6.45, 7) is 4.26. The third-order valence-electron chi connectivity index (χ3n) is 5.80. The highest BCUT2D eigenvalue weighted by Crippen LogP contribution is 2.32. The van der Waals surface area contributed by atoms with E-state index in [9.17, 15) is 9.59 Å². The van der Waals surface area contributed by atoms with Gasteiger partial charge in [0.2, 0.25) is 0 Å². The van der Waals surface area contributed by atoms with Gasteiger partial charge in [-0.15, -0.1) is 0 Å². The topological polar surface area (TPSA) is 93.2 Å². The number of hydrogen-bond donors (Lipinski definition) is 3. The summed E-state index contributed by atoms with van der Waals surface area (Å²) in [5, 5.41) is 5.81. The van der Waals surface area contributed by atoms with Crippen LogP contribution in [-0.2, 0) is 5.41 Å². The Morgan fingerprint density at radius 3 is 1.18 bits per heavy atom. The SMILES string of the molecule is CC(C)(c1ccc(C(=O)Nc2ccccc2)cc1)c1ccc(C(=O)Nc2ccccc2)cc1.N. The van der Waals surface area contributed by atoms with Crippen molar-refractivity contribution in [3.8, 4) is 0 Å². The lowest BCUT2D eigenvalue weighted by molar-refractivity contribution is 0.101. The van der Waals surface area contributed by atoms with E-state index >= 15 is 0 Å². The lowest BCUT2D eigenvalue weighted by Crippen LogP contribution is -2.20. The van der Waals surface area contributed by atoms with E-state index in [0.29, 0.717) is 11.1 Å². The van der Waals surface area contributed by atoms with Gasteiger partial charge in [-0.1, -0.05) is 74.5 Å². The number of nitrogens with one attached hydrogen (secondary N) is 2. The van der Waals surface area contributed by atoms with E-state index in [1.165, 1.54) is 0 Å². The highest BCUT2D eigenvalue weighted by Gasteiger charge is 2.23. The van der Waals surface area contributed by atoms with Gasteiger partial charge in [0.1, 0.15) is 0 Å². The second kappa shape index (κ2) is 10.6. The number of anilines is 2. The van der Waals surface area contributed by atoms with Crippen molar-refractivity contribution in [3.05, 3.63) is 131 Å². The highest BCUT2D eigenvalue weighted by atomic mass is 16.2. The van der Waals surface area contributed by atoms with Crippen molar-refractivity contribution in [3.63, 3.8) is 0 Å². The van der Waals surface area contributed by atoms with Crippen molar-refractivity contribution in [1.82, 2.24) is 6.15 Å².